The Balaban J connectivity index is 5.09. The van der Waals surface area contributed by atoms with E-state index in [1.807, 2.05) is 0 Å². The van der Waals surface area contributed by atoms with Gasteiger partial charge in [0.15, 0.2) is 5.41 Å². The smallest absolute Gasteiger partial charge is 0.411 e. The Labute approximate surface area is 115 Å². The molecule has 0 rings (SSSR count). The Kier molecular flexibility index (Phi) is 6.98. The molecule has 0 heterocycles. The zero-order valence-corrected chi connectivity index (χ0v) is 11.6. The molecule has 5 nitrogen and oxygen atoms in total. The lowest BCUT2D eigenvalue weighted by atomic mass is 9.80. The van der Waals surface area contributed by atoms with Crippen LogP contribution in [0, 0.1) is 11.3 Å². The minimum absolute atomic E-state index is 0.0643. The molecule has 0 saturated heterocycles. The summed E-state index contributed by atoms with van der Waals surface area (Å²) in [5, 5.41) is 9.24. The number of alkyl halides is 3. The summed E-state index contributed by atoms with van der Waals surface area (Å²) in [5.74, 6) is -2.86. The van der Waals surface area contributed by atoms with E-state index in [0.717, 1.165) is 0 Å². The summed E-state index contributed by atoms with van der Waals surface area (Å²) in [5.41, 5.74) is -2.12. The lowest BCUT2D eigenvalue weighted by Gasteiger charge is -2.28. The van der Waals surface area contributed by atoms with Crippen LogP contribution in [-0.2, 0) is 19.1 Å². The molecule has 1 unspecified atom stereocenters. The van der Waals surface area contributed by atoms with Crippen LogP contribution in [0.5, 0.6) is 0 Å². The van der Waals surface area contributed by atoms with Gasteiger partial charge < -0.3 is 14.6 Å². The zero-order valence-electron chi connectivity index (χ0n) is 11.6. The van der Waals surface area contributed by atoms with Crippen LogP contribution >= 0.6 is 0 Å². The number of carbonyl (C=O) groups is 2. The fourth-order valence-electron chi connectivity index (χ4n) is 1.74. The van der Waals surface area contributed by atoms with E-state index in [1.165, 1.54) is 6.92 Å². The topological polar surface area (TPSA) is 72.8 Å². The molecule has 20 heavy (non-hydrogen) atoms. The highest BCUT2D eigenvalue weighted by Gasteiger charge is 2.49. The van der Waals surface area contributed by atoms with E-state index in [-0.39, 0.29) is 18.9 Å². The highest BCUT2D eigenvalue weighted by Crippen LogP contribution is 2.30. The average Bonchev–Trinajstić information content (AvgIpc) is 2.25. The lowest BCUT2D eigenvalue weighted by Crippen LogP contribution is -2.46. The van der Waals surface area contributed by atoms with Crippen molar-refractivity contribution in [1.82, 2.24) is 0 Å². The Morgan fingerprint density at radius 1 is 1.20 bits per heavy atom. The normalized spacial score (nSPS) is 14.9. The van der Waals surface area contributed by atoms with Crippen LogP contribution in [0.15, 0.2) is 0 Å². The van der Waals surface area contributed by atoms with Gasteiger partial charge in [0.1, 0.15) is 6.61 Å². The van der Waals surface area contributed by atoms with Crippen molar-refractivity contribution in [3.8, 4) is 0 Å². The van der Waals surface area contributed by atoms with Gasteiger partial charge in [-0.2, -0.15) is 13.2 Å². The molecule has 0 saturated carbocycles. The first-order chi connectivity index (χ1) is 9.05. The molecule has 0 aliphatic heterocycles. The molecular weight excluding hydrogens is 281 g/mol. The minimum Gasteiger partial charge on any atom is -0.480 e. The van der Waals surface area contributed by atoms with E-state index in [9.17, 15) is 27.9 Å². The molecule has 0 radical (unpaired) electrons. The Hall–Kier alpha value is -1.31. The highest BCUT2D eigenvalue weighted by molar-refractivity contribution is 5.99. The van der Waals surface area contributed by atoms with E-state index in [1.54, 1.807) is 13.8 Å². The van der Waals surface area contributed by atoms with Crippen molar-refractivity contribution in [3.63, 3.8) is 0 Å². The maximum Gasteiger partial charge on any atom is 0.411 e. The Morgan fingerprint density at radius 3 is 2.10 bits per heavy atom. The molecule has 1 atom stereocenters. The van der Waals surface area contributed by atoms with Crippen LogP contribution in [0.1, 0.15) is 27.2 Å². The van der Waals surface area contributed by atoms with Gasteiger partial charge in [-0.3, -0.25) is 9.59 Å². The molecule has 0 aliphatic carbocycles. The van der Waals surface area contributed by atoms with Gasteiger partial charge in [-0.1, -0.05) is 13.8 Å². The first-order valence-corrected chi connectivity index (χ1v) is 6.10. The van der Waals surface area contributed by atoms with E-state index in [0.29, 0.717) is 0 Å². The van der Waals surface area contributed by atoms with Gasteiger partial charge in [0.25, 0.3) is 0 Å². The quantitative estimate of drug-likeness (QED) is 0.550. The molecule has 1 N–H and O–H groups in total. The molecule has 0 aromatic heterocycles. The predicted molar refractivity (Wildman–Crippen MR) is 63.0 cm³/mol. The second-order valence-corrected chi connectivity index (χ2v) is 4.81. The first kappa shape index (κ1) is 18.7. The van der Waals surface area contributed by atoms with Crippen molar-refractivity contribution >= 4 is 11.9 Å². The van der Waals surface area contributed by atoms with Gasteiger partial charge in [-0.25, -0.2) is 0 Å². The minimum atomic E-state index is -4.59. The molecule has 0 bridgehead atoms. The van der Waals surface area contributed by atoms with Crippen LogP contribution in [0.2, 0.25) is 0 Å². The van der Waals surface area contributed by atoms with Crippen molar-refractivity contribution in [2.24, 2.45) is 11.3 Å². The summed E-state index contributed by atoms with van der Waals surface area (Å²) in [7, 11) is 0. The number of ether oxygens (including phenoxy) is 2. The number of carbonyl (C=O) groups excluding carboxylic acids is 1. The molecule has 8 heteroatoms. The van der Waals surface area contributed by atoms with Gasteiger partial charge in [0.05, 0.1) is 13.2 Å². The first-order valence-electron chi connectivity index (χ1n) is 6.10. The van der Waals surface area contributed by atoms with Crippen LogP contribution < -0.4 is 0 Å². The number of esters is 1. The third kappa shape index (κ3) is 5.77. The average molecular weight is 300 g/mol. The molecular formula is C12H19F3O5. The van der Waals surface area contributed by atoms with Gasteiger partial charge in [-0.15, -0.1) is 0 Å². The van der Waals surface area contributed by atoms with Gasteiger partial charge >= 0.3 is 18.1 Å². The number of halogens is 3. The lowest BCUT2D eigenvalue weighted by molar-refractivity contribution is -0.195. The number of rotatable bonds is 8. The second kappa shape index (κ2) is 7.47. The Bertz CT molecular complexity index is 340. The van der Waals surface area contributed by atoms with E-state index in [4.69, 9.17) is 0 Å². The summed E-state index contributed by atoms with van der Waals surface area (Å²) in [6, 6.07) is 0. The zero-order chi connectivity index (χ0) is 16.0. The van der Waals surface area contributed by atoms with E-state index < -0.39 is 36.7 Å². The standard InChI is InChI=1S/C12H19F3O5/c1-4-20-10(18)11(9(16)17,5-8(2)3)6-19-7-12(13,14)15/h8H,4-7H2,1-3H3,(H,16,17). The summed E-state index contributed by atoms with van der Waals surface area (Å²) in [4.78, 5) is 23.2. The van der Waals surface area contributed by atoms with Crippen molar-refractivity contribution in [2.75, 3.05) is 19.8 Å². The fourth-order valence-corrected chi connectivity index (χ4v) is 1.74. The van der Waals surface area contributed by atoms with E-state index in [2.05, 4.69) is 9.47 Å². The predicted octanol–water partition coefficient (Wildman–Crippen LogP) is 2.25. The van der Waals surface area contributed by atoms with Crippen LogP contribution in [0.3, 0.4) is 0 Å². The van der Waals surface area contributed by atoms with Gasteiger partial charge in [-0.05, 0) is 19.3 Å². The summed E-state index contributed by atoms with van der Waals surface area (Å²) in [6.07, 6.45) is -4.75. The maximum atomic E-state index is 12.1. The van der Waals surface area contributed by atoms with Crippen molar-refractivity contribution in [1.29, 1.82) is 0 Å². The molecule has 0 aromatic carbocycles. The molecule has 0 spiro atoms. The third-order valence-corrected chi connectivity index (χ3v) is 2.45. The second-order valence-electron chi connectivity index (χ2n) is 4.81. The summed E-state index contributed by atoms with van der Waals surface area (Å²) < 4.78 is 45.2. The number of aliphatic carboxylic acids is 1. The fraction of sp³-hybridized carbons (Fsp3) is 0.833. The van der Waals surface area contributed by atoms with Gasteiger partial charge in [0, 0.05) is 0 Å². The summed E-state index contributed by atoms with van der Waals surface area (Å²) >= 11 is 0. The Morgan fingerprint density at radius 2 is 1.75 bits per heavy atom. The van der Waals surface area contributed by atoms with Crippen LogP contribution in [-0.4, -0.2) is 43.0 Å². The van der Waals surface area contributed by atoms with E-state index >= 15 is 0 Å². The van der Waals surface area contributed by atoms with Crippen molar-refractivity contribution in [3.05, 3.63) is 0 Å². The van der Waals surface area contributed by atoms with Gasteiger partial charge in [0.2, 0.25) is 0 Å². The molecule has 0 aliphatic rings. The van der Waals surface area contributed by atoms with Crippen LogP contribution in [0.25, 0.3) is 0 Å². The number of hydrogen-bond acceptors (Lipinski definition) is 4. The van der Waals surface area contributed by atoms with Crippen molar-refractivity contribution < 1.29 is 37.3 Å². The van der Waals surface area contributed by atoms with Crippen LogP contribution in [0.4, 0.5) is 13.2 Å². The maximum absolute atomic E-state index is 12.1. The third-order valence-electron chi connectivity index (χ3n) is 2.45. The number of hydrogen-bond donors (Lipinski definition) is 1. The molecule has 0 fully saturated rings. The molecule has 118 valence electrons. The van der Waals surface area contributed by atoms with Crippen molar-refractivity contribution in [2.45, 2.75) is 33.4 Å². The number of carboxylic acids is 1. The SMILES string of the molecule is CCOC(=O)C(COCC(F)(F)F)(CC(C)C)C(=O)O. The molecule has 0 amide bonds. The number of carboxylic acid groups (broad SMARTS) is 1. The monoisotopic (exact) mass is 300 g/mol. The summed E-state index contributed by atoms with van der Waals surface area (Å²) in [6.45, 7) is 2.24. The largest absolute Gasteiger partial charge is 0.480 e. The highest BCUT2D eigenvalue weighted by atomic mass is 19.4. The molecule has 0 aromatic rings.